The van der Waals surface area contributed by atoms with Crippen molar-refractivity contribution in [2.45, 2.75) is 31.0 Å². The number of nitrogens with one attached hydrogen (secondary N) is 1. The third kappa shape index (κ3) is 4.97. The molecule has 0 aromatic heterocycles. The van der Waals surface area contributed by atoms with Crippen molar-refractivity contribution >= 4 is 15.9 Å². The van der Waals surface area contributed by atoms with E-state index in [0.29, 0.717) is 24.6 Å². The number of fused-ring (bicyclic) bond motifs is 1. The first-order valence-corrected chi connectivity index (χ1v) is 9.99. The summed E-state index contributed by atoms with van der Waals surface area (Å²) in [7, 11) is -3.69. The lowest BCUT2D eigenvalue weighted by molar-refractivity contribution is -0.689. The summed E-state index contributed by atoms with van der Waals surface area (Å²) in [5, 5.41) is 9.85. The van der Waals surface area contributed by atoms with E-state index in [0.717, 1.165) is 11.1 Å². The Kier molecular flexibility index (Phi) is 5.64. The van der Waals surface area contributed by atoms with Gasteiger partial charge in [0.15, 0.2) is 17.5 Å². The van der Waals surface area contributed by atoms with Crippen LogP contribution in [0, 0.1) is 0 Å². The molecule has 0 radical (unpaired) electrons. The monoisotopic (exact) mass is 392 g/mol. The second-order valence-corrected chi connectivity index (χ2v) is 7.88. The third-order valence-corrected chi connectivity index (χ3v) is 5.21. The summed E-state index contributed by atoms with van der Waals surface area (Å²) < 4.78 is 33.1. The van der Waals surface area contributed by atoms with Gasteiger partial charge in [0.1, 0.15) is 6.54 Å². The molecular weight excluding hydrogens is 370 g/mol. The number of nitrogens with two attached hydrogens (primary N) is 2. The molecule has 1 atom stereocenters. The fourth-order valence-corrected chi connectivity index (χ4v) is 3.15. The Morgan fingerprint density at radius 3 is 2.52 bits per heavy atom. The minimum atomic E-state index is -3.69. The molecule has 1 amide bonds. The number of carbonyl (C=O) groups is 1. The highest BCUT2D eigenvalue weighted by Crippen LogP contribution is 2.32. The van der Waals surface area contributed by atoms with Crippen LogP contribution in [0.15, 0.2) is 47.4 Å². The number of hydrogen-bond donors (Lipinski definition) is 3. The van der Waals surface area contributed by atoms with E-state index in [2.05, 4.69) is 5.32 Å². The molecule has 0 spiro atoms. The van der Waals surface area contributed by atoms with Crippen molar-refractivity contribution in [2.75, 3.05) is 6.79 Å². The minimum absolute atomic E-state index is 0.0702. The minimum Gasteiger partial charge on any atom is -0.454 e. The average molecular weight is 392 g/mol. The van der Waals surface area contributed by atoms with Crippen LogP contribution in [0.3, 0.4) is 0 Å². The Bertz CT molecular complexity index is 929. The van der Waals surface area contributed by atoms with Crippen LogP contribution in [0.2, 0.25) is 0 Å². The highest BCUT2D eigenvalue weighted by molar-refractivity contribution is 7.89. The van der Waals surface area contributed by atoms with Crippen LogP contribution in [-0.4, -0.2) is 27.2 Å². The standard InChI is InChI=1S/C18H21N3O5S/c1-12(20-9-13-2-5-15(6-3-13)27(19,23)24)18(22)21-10-14-4-7-16-17(8-14)26-11-25-16/h2-8,12,20H,9-11H2,1H3,(H,21,22)(H2,19,23,24)/p+1/t12-/m0/s1. The van der Waals surface area contributed by atoms with Gasteiger partial charge in [0.2, 0.25) is 16.8 Å². The lowest BCUT2D eigenvalue weighted by atomic mass is 10.2. The van der Waals surface area contributed by atoms with E-state index < -0.39 is 10.0 Å². The number of sulfonamides is 1. The number of rotatable bonds is 7. The number of carbonyl (C=O) groups excluding carboxylic acids is 1. The van der Waals surface area contributed by atoms with E-state index in [1.54, 1.807) is 12.1 Å². The molecule has 9 heteroatoms. The summed E-state index contributed by atoms with van der Waals surface area (Å²) in [6.45, 7) is 2.98. The van der Waals surface area contributed by atoms with Gasteiger partial charge in [-0.1, -0.05) is 18.2 Å². The van der Waals surface area contributed by atoms with Crippen molar-refractivity contribution in [3.8, 4) is 11.5 Å². The highest BCUT2D eigenvalue weighted by atomic mass is 32.2. The lowest BCUT2D eigenvalue weighted by Crippen LogP contribution is -2.90. The second-order valence-electron chi connectivity index (χ2n) is 6.32. The van der Waals surface area contributed by atoms with Gasteiger partial charge in [-0.2, -0.15) is 0 Å². The van der Waals surface area contributed by atoms with Crippen molar-refractivity contribution < 1.29 is 28.0 Å². The van der Waals surface area contributed by atoms with E-state index >= 15 is 0 Å². The van der Waals surface area contributed by atoms with Gasteiger partial charge in [0, 0.05) is 12.1 Å². The second kappa shape index (κ2) is 7.95. The average Bonchev–Trinajstić information content (AvgIpc) is 3.11. The summed E-state index contributed by atoms with van der Waals surface area (Å²) in [4.78, 5) is 12.3. The number of quaternary nitrogens is 1. The molecule has 5 N–H and O–H groups in total. The van der Waals surface area contributed by atoms with Crippen LogP contribution in [0.1, 0.15) is 18.1 Å². The predicted octanol–water partition coefficient (Wildman–Crippen LogP) is -0.169. The van der Waals surface area contributed by atoms with Crippen molar-refractivity contribution in [1.82, 2.24) is 5.32 Å². The molecule has 0 bridgehead atoms. The maximum absolute atomic E-state index is 12.3. The van der Waals surface area contributed by atoms with Gasteiger partial charge in [0.05, 0.1) is 4.90 Å². The number of ether oxygens (including phenoxy) is 2. The molecule has 3 rings (SSSR count). The SMILES string of the molecule is C[C@H]([NH2+]Cc1ccc(S(N)(=O)=O)cc1)C(=O)NCc1ccc2c(c1)OCO2. The molecule has 0 aliphatic carbocycles. The first-order chi connectivity index (χ1) is 12.8. The summed E-state index contributed by atoms with van der Waals surface area (Å²) >= 11 is 0. The molecule has 1 aliphatic rings. The Labute approximate surface area is 157 Å². The number of benzene rings is 2. The van der Waals surface area contributed by atoms with E-state index in [-0.39, 0.29) is 23.6 Å². The zero-order valence-electron chi connectivity index (χ0n) is 14.8. The van der Waals surface area contributed by atoms with Gasteiger partial charge in [-0.25, -0.2) is 13.6 Å². The molecular formula is C18H22N3O5S+. The molecule has 0 saturated carbocycles. The van der Waals surface area contributed by atoms with Gasteiger partial charge >= 0.3 is 0 Å². The maximum atomic E-state index is 12.3. The third-order valence-electron chi connectivity index (χ3n) is 4.28. The summed E-state index contributed by atoms with van der Waals surface area (Å²) in [6.07, 6.45) is 0. The molecule has 0 saturated heterocycles. The zero-order chi connectivity index (χ0) is 19.4. The summed E-state index contributed by atoms with van der Waals surface area (Å²) in [5.74, 6) is 1.30. The number of amides is 1. The molecule has 144 valence electrons. The van der Waals surface area contributed by atoms with Crippen LogP contribution >= 0.6 is 0 Å². The molecule has 1 heterocycles. The molecule has 2 aromatic rings. The topological polar surface area (TPSA) is 124 Å². The zero-order valence-corrected chi connectivity index (χ0v) is 15.7. The quantitative estimate of drug-likeness (QED) is 0.603. The molecule has 8 nitrogen and oxygen atoms in total. The summed E-state index contributed by atoms with van der Waals surface area (Å²) in [5.41, 5.74) is 1.83. The highest BCUT2D eigenvalue weighted by Gasteiger charge is 2.17. The lowest BCUT2D eigenvalue weighted by Gasteiger charge is -2.12. The molecule has 1 aliphatic heterocycles. The first-order valence-electron chi connectivity index (χ1n) is 8.44. The first kappa shape index (κ1) is 19.2. The van der Waals surface area contributed by atoms with Gasteiger partial charge in [-0.3, -0.25) is 4.79 Å². The maximum Gasteiger partial charge on any atom is 0.278 e. The van der Waals surface area contributed by atoms with E-state index in [1.165, 1.54) is 12.1 Å². The van der Waals surface area contributed by atoms with Crippen molar-refractivity contribution in [3.05, 3.63) is 53.6 Å². The Hall–Kier alpha value is -2.62. The van der Waals surface area contributed by atoms with Crippen molar-refractivity contribution in [3.63, 3.8) is 0 Å². The van der Waals surface area contributed by atoms with Crippen molar-refractivity contribution in [2.24, 2.45) is 5.14 Å². The number of primary sulfonamides is 1. The van der Waals surface area contributed by atoms with Gasteiger partial charge in [0.25, 0.3) is 5.91 Å². The molecule has 0 fully saturated rings. The van der Waals surface area contributed by atoms with E-state index in [4.69, 9.17) is 14.6 Å². The van der Waals surface area contributed by atoms with Crippen LogP contribution in [0.5, 0.6) is 11.5 Å². The molecule has 27 heavy (non-hydrogen) atoms. The molecule has 0 unspecified atom stereocenters. The Morgan fingerprint density at radius 2 is 1.81 bits per heavy atom. The fourth-order valence-electron chi connectivity index (χ4n) is 2.64. The Balaban J connectivity index is 1.47. The van der Waals surface area contributed by atoms with Gasteiger partial charge in [-0.15, -0.1) is 0 Å². The Morgan fingerprint density at radius 1 is 1.15 bits per heavy atom. The van der Waals surface area contributed by atoms with Crippen LogP contribution in [0.4, 0.5) is 0 Å². The summed E-state index contributed by atoms with van der Waals surface area (Å²) in [6, 6.07) is 11.6. The van der Waals surface area contributed by atoms with Crippen LogP contribution in [-0.2, 0) is 27.9 Å². The molecule has 2 aromatic carbocycles. The largest absolute Gasteiger partial charge is 0.454 e. The van der Waals surface area contributed by atoms with Gasteiger partial charge < -0.3 is 20.1 Å². The predicted molar refractivity (Wildman–Crippen MR) is 97.3 cm³/mol. The normalized spacial score (nSPS) is 14.0. The number of hydrogen-bond acceptors (Lipinski definition) is 5. The van der Waals surface area contributed by atoms with Crippen LogP contribution < -0.4 is 25.2 Å². The smallest absolute Gasteiger partial charge is 0.278 e. The van der Waals surface area contributed by atoms with E-state index in [1.807, 2.05) is 30.4 Å². The van der Waals surface area contributed by atoms with E-state index in [9.17, 15) is 13.2 Å². The fraction of sp³-hybridized carbons (Fsp3) is 0.278. The van der Waals surface area contributed by atoms with Crippen LogP contribution in [0.25, 0.3) is 0 Å². The van der Waals surface area contributed by atoms with Gasteiger partial charge in [-0.05, 0) is 36.8 Å². The van der Waals surface area contributed by atoms with Crippen molar-refractivity contribution in [1.29, 1.82) is 0 Å².